The van der Waals surface area contributed by atoms with Crippen LogP contribution in [0.5, 0.6) is 11.5 Å². The van der Waals surface area contributed by atoms with Gasteiger partial charge in [-0.3, -0.25) is 14.5 Å². The standard InChI is InChI=1S/C29H34N6O5/c1-5-19-7-9-23-21(11-19)13-22(29(37)30-23)15-34(14-20-8-10-24-25(12-20)40-17-39-24)27(18(3)4)28-31-32-33-35(28)16-26(36)38-6-2/h7-13,18,27H,5-6,14-17H2,1-4H3,(H,30,37). The molecule has 11 heteroatoms. The number of carbonyl (C=O) groups is 1. The van der Waals surface area contributed by atoms with E-state index < -0.39 is 5.97 Å². The first-order chi connectivity index (χ1) is 19.4. The minimum atomic E-state index is -0.418. The minimum absolute atomic E-state index is 0.0344. The molecule has 0 radical (unpaired) electrons. The molecular formula is C29H34N6O5. The number of aromatic amines is 1. The normalized spacial score (nSPS) is 13.3. The fourth-order valence-electron chi connectivity index (χ4n) is 5.13. The van der Waals surface area contributed by atoms with Gasteiger partial charge in [-0.05, 0) is 76.5 Å². The number of hydrogen-bond acceptors (Lipinski definition) is 9. The van der Waals surface area contributed by atoms with E-state index in [0.717, 1.165) is 22.9 Å². The molecule has 0 spiro atoms. The molecule has 0 saturated carbocycles. The van der Waals surface area contributed by atoms with Crippen molar-refractivity contribution < 1.29 is 19.0 Å². The Balaban J connectivity index is 1.55. The quantitative estimate of drug-likeness (QED) is 0.280. The van der Waals surface area contributed by atoms with Crippen molar-refractivity contribution >= 4 is 16.9 Å². The van der Waals surface area contributed by atoms with E-state index in [-0.39, 0.29) is 37.5 Å². The van der Waals surface area contributed by atoms with E-state index in [9.17, 15) is 9.59 Å². The molecule has 1 aliphatic heterocycles. The van der Waals surface area contributed by atoms with Crippen LogP contribution in [0.25, 0.3) is 10.9 Å². The third-order valence-electron chi connectivity index (χ3n) is 7.02. The van der Waals surface area contributed by atoms with Gasteiger partial charge in [-0.1, -0.05) is 32.9 Å². The molecule has 5 rings (SSSR count). The van der Waals surface area contributed by atoms with Gasteiger partial charge in [-0.2, -0.15) is 0 Å². The number of ether oxygens (including phenoxy) is 3. The topological polar surface area (TPSA) is 124 Å². The number of aromatic nitrogens is 5. The maximum absolute atomic E-state index is 13.3. The van der Waals surface area contributed by atoms with E-state index in [4.69, 9.17) is 14.2 Å². The van der Waals surface area contributed by atoms with Gasteiger partial charge in [0, 0.05) is 24.2 Å². The summed E-state index contributed by atoms with van der Waals surface area (Å²) < 4.78 is 17.7. The molecule has 1 N–H and O–H groups in total. The first kappa shape index (κ1) is 27.3. The van der Waals surface area contributed by atoms with Gasteiger partial charge >= 0.3 is 5.97 Å². The predicted molar refractivity (Wildman–Crippen MR) is 148 cm³/mol. The summed E-state index contributed by atoms with van der Waals surface area (Å²) in [6.07, 6.45) is 0.902. The fraction of sp³-hybridized carbons (Fsp3) is 0.414. The number of nitrogens with one attached hydrogen (secondary N) is 1. The zero-order chi connectivity index (χ0) is 28.2. The second kappa shape index (κ2) is 11.9. The van der Waals surface area contributed by atoms with Crippen LogP contribution in [0, 0.1) is 5.92 Å². The van der Waals surface area contributed by atoms with Gasteiger partial charge in [-0.25, -0.2) is 4.68 Å². The van der Waals surface area contributed by atoms with Crippen molar-refractivity contribution in [2.24, 2.45) is 5.92 Å². The Morgan fingerprint density at radius 3 is 2.65 bits per heavy atom. The number of pyridine rings is 1. The molecule has 2 aromatic carbocycles. The Morgan fingerprint density at radius 1 is 1.07 bits per heavy atom. The average Bonchev–Trinajstić information content (AvgIpc) is 3.58. The Bertz CT molecular complexity index is 1560. The summed E-state index contributed by atoms with van der Waals surface area (Å²) in [6.45, 7) is 9.15. The van der Waals surface area contributed by atoms with Crippen molar-refractivity contribution in [1.82, 2.24) is 30.1 Å². The highest BCUT2D eigenvalue weighted by Gasteiger charge is 2.31. The molecular weight excluding hydrogens is 512 g/mol. The molecule has 0 amide bonds. The van der Waals surface area contributed by atoms with Gasteiger partial charge in [0.1, 0.15) is 6.54 Å². The summed E-state index contributed by atoms with van der Waals surface area (Å²) in [5, 5.41) is 13.3. The number of carbonyl (C=O) groups excluding carboxylic acids is 1. The van der Waals surface area contributed by atoms with Gasteiger partial charge in [0.25, 0.3) is 5.56 Å². The summed E-state index contributed by atoms with van der Waals surface area (Å²) in [6, 6.07) is 13.5. The Morgan fingerprint density at radius 2 is 1.88 bits per heavy atom. The highest BCUT2D eigenvalue weighted by atomic mass is 16.7. The van der Waals surface area contributed by atoms with Gasteiger partial charge in [0.15, 0.2) is 17.3 Å². The van der Waals surface area contributed by atoms with E-state index in [0.29, 0.717) is 36.0 Å². The molecule has 0 aliphatic carbocycles. The molecule has 0 bridgehead atoms. The Labute approximate surface area is 232 Å². The number of H-pyrrole nitrogens is 1. The van der Waals surface area contributed by atoms with E-state index in [1.165, 1.54) is 10.2 Å². The highest BCUT2D eigenvalue weighted by molar-refractivity contribution is 5.79. The summed E-state index contributed by atoms with van der Waals surface area (Å²) in [5.74, 6) is 1.52. The summed E-state index contributed by atoms with van der Waals surface area (Å²) >= 11 is 0. The van der Waals surface area contributed by atoms with E-state index in [1.54, 1.807) is 6.92 Å². The number of esters is 1. The van der Waals surface area contributed by atoms with Crippen LogP contribution in [0.1, 0.15) is 56.3 Å². The van der Waals surface area contributed by atoms with Crippen LogP contribution in [0.3, 0.4) is 0 Å². The fourth-order valence-corrected chi connectivity index (χ4v) is 5.13. The lowest BCUT2D eigenvalue weighted by molar-refractivity contribution is -0.144. The molecule has 3 heterocycles. The number of fused-ring (bicyclic) bond motifs is 2. The Kier molecular flexibility index (Phi) is 8.11. The molecule has 1 aliphatic rings. The number of rotatable bonds is 11. The van der Waals surface area contributed by atoms with Crippen LogP contribution < -0.4 is 15.0 Å². The Hall–Kier alpha value is -4.25. The molecule has 40 heavy (non-hydrogen) atoms. The number of benzene rings is 2. The summed E-state index contributed by atoms with van der Waals surface area (Å²) in [5.41, 5.74) is 3.44. The van der Waals surface area contributed by atoms with Crippen LogP contribution in [0.2, 0.25) is 0 Å². The first-order valence-electron chi connectivity index (χ1n) is 13.5. The van der Waals surface area contributed by atoms with Crippen molar-refractivity contribution in [3.63, 3.8) is 0 Å². The number of hydrogen-bond donors (Lipinski definition) is 1. The summed E-state index contributed by atoms with van der Waals surface area (Å²) in [7, 11) is 0. The SMILES string of the molecule is CCOC(=O)Cn1nnnc1C(C(C)C)N(Cc1ccc2c(c1)OCO2)Cc1cc2cc(CC)ccc2[nH]c1=O. The van der Waals surface area contributed by atoms with Crippen molar-refractivity contribution in [2.45, 2.75) is 59.8 Å². The smallest absolute Gasteiger partial charge is 0.327 e. The lowest BCUT2D eigenvalue weighted by atomic mass is 9.99. The monoisotopic (exact) mass is 546 g/mol. The van der Waals surface area contributed by atoms with Gasteiger partial charge in [0.05, 0.1) is 12.6 Å². The molecule has 11 nitrogen and oxygen atoms in total. The molecule has 4 aromatic rings. The van der Waals surface area contributed by atoms with Crippen LogP contribution in [-0.2, 0) is 35.6 Å². The molecule has 210 valence electrons. The zero-order valence-corrected chi connectivity index (χ0v) is 23.2. The molecule has 1 unspecified atom stereocenters. The van der Waals surface area contributed by atoms with Crippen molar-refractivity contribution in [2.75, 3.05) is 13.4 Å². The number of tetrazole rings is 1. The predicted octanol–water partition coefficient (Wildman–Crippen LogP) is 3.77. The van der Waals surface area contributed by atoms with Crippen LogP contribution in [0.15, 0.2) is 47.3 Å². The van der Waals surface area contributed by atoms with Gasteiger partial charge < -0.3 is 19.2 Å². The largest absolute Gasteiger partial charge is 0.465 e. The third kappa shape index (κ3) is 5.84. The second-order valence-electron chi connectivity index (χ2n) is 10.2. The second-order valence-corrected chi connectivity index (χ2v) is 10.2. The average molecular weight is 547 g/mol. The van der Waals surface area contributed by atoms with E-state index in [1.807, 2.05) is 36.4 Å². The maximum atomic E-state index is 13.3. The highest BCUT2D eigenvalue weighted by Crippen LogP contribution is 2.35. The van der Waals surface area contributed by atoms with Crippen LogP contribution in [0.4, 0.5) is 0 Å². The lowest BCUT2D eigenvalue weighted by Gasteiger charge is -2.33. The van der Waals surface area contributed by atoms with E-state index >= 15 is 0 Å². The number of nitrogens with zero attached hydrogens (tertiary/aromatic N) is 5. The zero-order valence-electron chi connectivity index (χ0n) is 23.2. The minimum Gasteiger partial charge on any atom is -0.465 e. The molecule has 0 fully saturated rings. The number of aryl methyl sites for hydroxylation is 1. The van der Waals surface area contributed by atoms with Crippen molar-refractivity contribution in [3.05, 3.63) is 75.3 Å². The lowest BCUT2D eigenvalue weighted by Crippen LogP contribution is -2.35. The van der Waals surface area contributed by atoms with E-state index in [2.05, 4.69) is 52.2 Å². The maximum Gasteiger partial charge on any atom is 0.327 e. The van der Waals surface area contributed by atoms with Crippen molar-refractivity contribution in [3.8, 4) is 11.5 Å². The van der Waals surface area contributed by atoms with Crippen LogP contribution in [-0.4, -0.2) is 49.5 Å². The van der Waals surface area contributed by atoms with Crippen LogP contribution >= 0.6 is 0 Å². The molecule has 0 saturated heterocycles. The van der Waals surface area contributed by atoms with Gasteiger partial charge in [-0.15, -0.1) is 5.10 Å². The summed E-state index contributed by atoms with van der Waals surface area (Å²) in [4.78, 5) is 30.8. The molecule has 2 aromatic heterocycles. The van der Waals surface area contributed by atoms with Crippen molar-refractivity contribution in [1.29, 1.82) is 0 Å². The van der Waals surface area contributed by atoms with Gasteiger partial charge in [0.2, 0.25) is 6.79 Å². The first-order valence-corrected chi connectivity index (χ1v) is 13.5. The third-order valence-corrected chi connectivity index (χ3v) is 7.02. The molecule has 1 atom stereocenters.